The highest BCUT2D eigenvalue weighted by molar-refractivity contribution is 5.44. The van der Waals surface area contributed by atoms with Crippen molar-refractivity contribution in [3.8, 4) is 11.5 Å². The monoisotopic (exact) mass is 290 g/mol. The number of nitrogens with zero attached hydrogens (tertiary/aromatic N) is 1. The molecule has 2 N–H and O–H groups in total. The maximum Gasteiger partial charge on any atom is 0.161 e. The van der Waals surface area contributed by atoms with Crippen molar-refractivity contribution in [2.24, 2.45) is 11.7 Å². The van der Waals surface area contributed by atoms with Crippen molar-refractivity contribution >= 4 is 0 Å². The SMILES string of the molecule is CC1CC(C)N(C(CN)c2ccc3c(c2)OCCCO3)C1. The molecule has 0 bridgehead atoms. The van der Waals surface area contributed by atoms with E-state index in [4.69, 9.17) is 15.2 Å². The molecule has 0 aliphatic carbocycles. The summed E-state index contributed by atoms with van der Waals surface area (Å²) in [6.07, 6.45) is 2.19. The van der Waals surface area contributed by atoms with Gasteiger partial charge < -0.3 is 15.2 Å². The lowest BCUT2D eigenvalue weighted by Gasteiger charge is -2.31. The van der Waals surface area contributed by atoms with Crippen LogP contribution in [0.3, 0.4) is 0 Å². The molecule has 1 fully saturated rings. The number of hydrogen-bond acceptors (Lipinski definition) is 4. The molecule has 1 saturated heterocycles. The van der Waals surface area contributed by atoms with Crippen LogP contribution in [0.15, 0.2) is 18.2 Å². The van der Waals surface area contributed by atoms with E-state index in [2.05, 4.69) is 30.9 Å². The smallest absolute Gasteiger partial charge is 0.161 e. The molecule has 1 aromatic rings. The van der Waals surface area contributed by atoms with Crippen molar-refractivity contribution in [3.63, 3.8) is 0 Å². The number of rotatable bonds is 3. The first-order valence-electron chi connectivity index (χ1n) is 8.04. The summed E-state index contributed by atoms with van der Waals surface area (Å²) >= 11 is 0. The van der Waals surface area contributed by atoms with Crippen LogP contribution in [0.25, 0.3) is 0 Å². The van der Waals surface area contributed by atoms with Crippen molar-refractivity contribution in [3.05, 3.63) is 23.8 Å². The Morgan fingerprint density at radius 1 is 1.24 bits per heavy atom. The molecular weight excluding hydrogens is 264 g/mol. The Labute approximate surface area is 127 Å². The van der Waals surface area contributed by atoms with Crippen LogP contribution in [0.4, 0.5) is 0 Å². The van der Waals surface area contributed by atoms with E-state index in [-0.39, 0.29) is 6.04 Å². The van der Waals surface area contributed by atoms with Crippen LogP contribution in [0.2, 0.25) is 0 Å². The van der Waals surface area contributed by atoms with Gasteiger partial charge in [-0.3, -0.25) is 4.90 Å². The summed E-state index contributed by atoms with van der Waals surface area (Å²) in [5.74, 6) is 2.47. The Hall–Kier alpha value is -1.26. The van der Waals surface area contributed by atoms with E-state index in [9.17, 15) is 0 Å². The van der Waals surface area contributed by atoms with Crippen LogP contribution in [0, 0.1) is 5.92 Å². The third-order valence-electron chi connectivity index (χ3n) is 4.61. The molecule has 0 spiro atoms. The summed E-state index contributed by atoms with van der Waals surface area (Å²) in [5, 5.41) is 0. The summed E-state index contributed by atoms with van der Waals surface area (Å²) in [7, 11) is 0. The van der Waals surface area contributed by atoms with Gasteiger partial charge in [-0.05, 0) is 37.0 Å². The molecule has 116 valence electrons. The third-order valence-corrected chi connectivity index (χ3v) is 4.61. The van der Waals surface area contributed by atoms with Crippen molar-refractivity contribution in [2.45, 2.75) is 38.8 Å². The van der Waals surface area contributed by atoms with Crippen LogP contribution < -0.4 is 15.2 Å². The number of ether oxygens (including phenoxy) is 2. The Bertz CT molecular complexity index is 492. The number of likely N-dealkylation sites (tertiary alicyclic amines) is 1. The lowest BCUT2D eigenvalue weighted by Crippen LogP contribution is -2.36. The highest BCUT2D eigenvalue weighted by Crippen LogP contribution is 2.36. The van der Waals surface area contributed by atoms with Crippen LogP contribution in [0.5, 0.6) is 11.5 Å². The zero-order chi connectivity index (χ0) is 14.8. The van der Waals surface area contributed by atoms with Gasteiger partial charge in [0.1, 0.15) is 0 Å². The summed E-state index contributed by atoms with van der Waals surface area (Å²) < 4.78 is 11.5. The summed E-state index contributed by atoms with van der Waals surface area (Å²) in [4.78, 5) is 2.53. The van der Waals surface area contributed by atoms with Gasteiger partial charge in [0, 0.05) is 31.6 Å². The normalized spacial score (nSPS) is 27.4. The van der Waals surface area contributed by atoms with Gasteiger partial charge in [0.15, 0.2) is 11.5 Å². The van der Waals surface area contributed by atoms with Gasteiger partial charge in [0.2, 0.25) is 0 Å². The maximum atomic E-state index is 6.09. The van der Waals surface area contributed by atoms with Crippen LogP contribution in [0.1, 0.15) is 38.3 Å². The van der Waals surface area contributed by atoms with E-state index in [1.54, 1.807) is 0 Å². The number of nitrogens with two attached hydrogens (primary N) is 1. The Kier molecular flexibility index (Phi) is 4.36. The van der Waals surface area contributed by atoms with Gasteiger partial charge in [-0.1, -0.05) is 13.0 Å². The zero-order valence-electron chi connectivity index (χ0n) is 13.0. The first kappa shape index (κ1) is 14.7. The van der Waals surface area contributed by atoms with Gasteiger partial charge in [-0.15, -0.1) is 0 Å². The standard InChI is InChI=1S/C17H26N2O2/c1-12-8-13(2)19(11-12)15(10-18)14-4-5-16-17(9-14)21-7-3-6-20-16/h4-5,9,12-13,15H,3,6-8,10-11,18H2,1-2H3. The molecule has 2 aliphatic heterocycles. The predicted octanol–water partition coefficient (Wildman–Crippen LogP) is 2.58. The largest absolute Gasteiger partial charge is 0.490 e. The van der Waals surface area contributed by atoms with Crippen LogP contribution in [-0.2, 0) is 0 Å². The number of hydrogen-bond donors (Lipinski definition) is 1. The molecule has 3 rings (SSSR count). The van der Waals surface area contributed by atoms with Crippen molar-refractivity contribution in [2.75, 3.05) is 26.3 Å². The molecule has 2 aliphatic rings. The molecule has 4 nitrogen and oxygen atoms in total. The molecular formula is C17H26N2O2. The average Bonchev–Trinajstić information content (AvgIpc) is 2.68. The Balaban J connectivity index is 1.85. The minimum atomic E-state index is 0.266. The lowest BCUT2D eigenvalue weighted by molar-refractivity contribution is 0.192. The van der Waals surface area contributed by atoms with Crippen LogP contribution >= 0.6 is 0 Å². The third kappa shape index (κ3) is 3.01. The molecule has 0 saturated carbocycles. The first-order valence-corrected chi connectivity index (χ1v) is 8.04. The van der Waals surface area contributed by atoms with Crippen molar-refractivity contribution < 1.29 is 9.47 Å². The molecule has 3 atom stereocenters. The zero-order valence-corrected chi connectivity index (χ0v) is 13.0. The average molecular weight is 290 g/mol. The summed E-state index contributed by atoms with van der Waals surface area (Å²) in [6, 6.07) is 7.14. The molecule has 0 amide bonds. The second-order valence-corrected chi connectivity index (χ2v) is 6.39. The van der Waals surface area contributed by atoms with E-state index < -0.39 is 0 Å². The summed E-state index contributed by atoms with van der Waals surface area (Å²) in [6.45, 7) is 7.83. The van der Waals surface area contributed by atoms with Gasteiger partial charge in [-0.2, -0.15) is 0 Å². The van der Waals surface area contributed by atoms with Gasteiger partial charge in [0.05, 0.1) is 13.2 Å². The Morgan fingerprint density at radius 3 is 2.67 bits per heavy atom. The lowest BCUT2D eigenvalue weighted by atomic mass is 10.0. The van der Waals surface area contributed by atoms with Gasteiger partial charge in [-0.25, -0.2) is 0 Å². The van der Waals surface area contributed by atoms with E-state index in [0.29, 0.717) is 12.6 Å². The van der Waals surface area contributed by atoms with E-state index in [0.717, 1.165) is 43.6 Å². The minimum absolute atomic E-state index is 0.266. The molecule has 3 unspecified atom stereocenters. The summed E-state index contributed by atoms with van der Waals surface area (Å²) in [5.41, 5.74) is 7.32. The quantitative estimate of drug-likeness (QED) is 0.929. The number of benzene rings is 1. The minimum Gasteiger partial charge on any atom is -0.490 e. The van der Waals surface area contributed by atoms with Crippen LogP contribution in [-0.4, -0.2) is 37.2 Å². The van der Waals surface area contributed by atoms with Gasteiger partial charge >= 0.3 is 0 Å². The fourth-order valence-electron chi connectivity index (χ4n) is 3.62. The fourth-order valence-corrected chi connectivity index (χ4v) is 3.62. The predicted molar refractivity (Wildman–Crippen MR) is 83.8 cm³/mol. The molecule has 0 radical (unpaired) electrons. The maximum absolute atomic E-state index is 6.09. The van der Waals surface area contributed by atoms with E-state index in [1.807, 2.05) is 6.07 Å². The van der Waals surface area contributed by atoms with Crippen molar-refractivity contribution in [1.29, 1.82) is 0 Å². The van der Waals surface area contributed by atoms with Gasteiger partial charge in [0.25, 0.3) is 0 Å². The molecule has 0 aromatic heterocycles. The number of fused-ring (bicyclic) bond motifs is 1. The molecule has 2 heterocycles. The molecule has 4 heteroatoms. The topological polar surface area (TPSA) is 47.7 Å². The molecule has 1 aromatic carbocycles. The highest BCUT2D eigenvalue weighted by atomic mass is 16.5. The highest BCUT2D eigenvalue weighted by Gasteiger charge is 2.32. The second kappa shape index (κ2) is 6.24. The van der Waals surface area contributed by atoms with E-state index in [1.165, 1.54) is 12.0 Å². The second-order valence-electron chi connectivity index (χ2n) is 6.39. The first-order chi connectivity index (χ1) is 10.2. The molecule has 21 heavy (non-hydrogen) atoms. The van der Waals surface area contributed by atoms with E-state index >= 15 is 0 Å². The fraction of sp³-hybridized carbons (Fsp3) is 0.647. The van der Waals surface area contributed by atoms with Crippen molar-refractivity contribution in [1.82, 2.24) is 4.90 Å². The Morgan fingerprint density at radius 2 is 2.00 bits per heavy atom.